The van der Waals surface area contributed by atoms with Crippen LogP contribution in [-0.2, 0) is 31.9 Å². The van der Waals surface area contributed by atoms with E-state index in [0.29, 0.717) is 12.1 Å². The average molecular weight is 851 g/mol. The molecule has 6 aromatic rings. The van der Waals surface area contributed by atoms with Gasteiger partial charge in [0.1, 0.15) is 23.7 Å². The number of nitrogens with zero attached hydrogens (tertiary/aromatic N) is 4. The standard InChI is InChI=1S/C49H54N8O6/c1-27(2)41(54-48(60)62-4)47(59)57-28(3)16-23-40(57)45-51-37-22-18-31-25-30(17-19-33(31)43(37)53-45)32-20-21-36(35-14-9-13-34(32)35)38-26-50-44(52-38)39-15-10-24-56(39)46(58)42(55-49(61)63-5)29-11-7-6-8-12-29/h6-8,11-12,17-22,25-28,39-42H,9-10,13-16,23-24H2,1-5H3,(H,50,52)(H,51,53)(H,54,60)(H,55,61)/t28-,39-,40-,41-,42+/m0/s1. The van der Waals surface area contributed by atoms with Crippen LogP contribution in [0.25, 0.3) is 44.2 Å². The SMILES string of the molecule is COC(=O)N[C@H](C(=O)N1[C@@H](C)CC[C@H]1c1nc2ccc3cc(-c4ccc(-c5cnc([C@@H]6CCCN6C(=O)[C@H](NC(=O)OC)c6ccccc6)[nH]5)c5c4CCC5)ccc3c2[nH]1)C(C)C. The number of methoxy groups -OCH3 is 2. The fourth-order valence-electron chi connectivity index (χ4n) is 10.1. The summed E-state index contributed by atoms with van der Waals surface area (Å²) in [6.07, 6.45) is 6.77. The average Bonchev–Trinajstić information content (AvgIpc) is 4.16. The number of hydrogen-bond donors (Lipinski definition) is 4. The third kappa shape index (κ3) is 7.76. The van der Waals surface area contributed by atoms with Gasteiger partial charge in [0.15, 0.2) is 0 Å². The first kappa shape index (κ1) is 41.6. The molecule has 4 aromatic carbocycles. The molecule has 4 N–H and O–H groups in total. The van der Waals surface area contributed by atoms with E-state index in [1.165, 1.54) is 30.9 Å². The highest BCUT2D eigenvalue weighted by Crippen LogP contribution is 2.42. The van der Waals surface area contributed by atoms with Crippen molar-refractivity contribution in [2.75, 3.05) is 20.8 Å². The molecular weight excluding hydrogens is 797 g/mol. The Labute approximate surface area is 366 Å². The summed E-state index contributed by atoms with van der Waals surface area (Å²) in [6, 6.07) is 22.3. The van der Waals surface area contributed by atoms with E-state index >= 15 is 0 Å². The summed E-state index contributed by atoms with van der Waals surface area (Å²) in [5, 5.41) is 7.64. The van der Waals surface area contributed by atoms with Gasteiger partial charge in [-0.2, -0.15) is 0 Å². The lowest BCUT2D eigenvalue weighted by Crippen LogP contribution is -2.52. The Balaban J connectivity index is 0.971. The van der Waals surface area contributed by atoms with E-state index in [0.717, 1.165) is 95.2 Å². The second kappa shape index (κ2) is 17.2. The Morgan fingerprint density at radius 1 is 0.778 bits per heavy atom. The first-order valence-corrected chi connectivity index (χ1v) is 22.0. The molecule has 1 aliphatic carbocycles. The van der Waals surface area contributed by atoms with Crippen molar-refractivity contribution in [3.8, 4) is 22.4 Å². The summed E-state index contributed by atoms with van der Waals surface area (Å²) in [6.45, 7) is 6.45. The molecule has 2 fully saturated rings. The number of imidazole rings is 2. The van der Waals surface area contributed by atoms with Crippen LogP contribution < -0.4 is 10.6 Å². The highest BCUT2D eigenvalue weighted by molar-refractivity contribution is 6.05. The zero-order valence-corrected chi connectivity index (χ0v) is 36.4. The molecule has 9 rings (SSSR count). The van der Waals surface area contributed by atoms with Gasteiger partial charge in [0.05, 0.1) is 49.2 Å². The van der Waals surface area contributed by atoms with Crippen LogP contribution >= 0.6 is 0 Å². The summed E-state index contributed by atoms with van der Waals surface area (Å²) in [5.74, 6) is 1.02. The van der Waals surface area contributed by atoms with E-state index in [-0.39, 0.29) is 35.9 Å². The van der Waals surface area contributed by atoms with E-state index in [1.807, 2.05) is 73.2 Å². The molecule has 14 nitrogen and oxygen atoms in total. The van der Waals surface area contributed by atoms with Gasteiger partial charge < -0.3 is 39.9 Å². The van der Waals surface area contributed by atoms with Crippen LogP contribution in [-0.4, -0.2) is 86.6 Å². The van der Waals surface area contributed by atoms with Gasteiger partial charge >= 0.3 is 12.2 Å². The second-order valence-electron chi connectivity index (χ2n) is 17.4. The summed E-state index contributed by atoms with van der Waals surface area (Å²) in [7, 11) is 2.59. The predicted molar refractivity (Wildman–Crippen MR) is 240 cm³/mol. The van der Waals surface area contributed by atoms with Crippen molar-refractivity contribution in [1.82, 2.24) is 40.4 Å². The van der Waals surface area contributed by atoms with Gasteiger partial charge in [0.2, 0.25) is 5.91 Å². The predicted octanol–water partition coefficient (Wildman–Crippen LogP) is 8.46. The Morgan fingerprint density at radius 2 is 1.52 bits per heavy atom. The van der Waals surface area contributed by atoms with Crippen LogP contribution in [0.15, 0.2) is 79.0 Å². The minimum atomic E-state index is -0.881. The lowest BCUT2D eigenvalue weighted by Gasteiger charge is -2.32. The van der Waals surface area contributed by atoms with Crippen LogP contribution in [0.3, 0.4) is 0 Å². The van der Waals surface area contributed by atoms with E-state index in [4.69, 9.17) is 19.4 Å². The van der Waals surface area contributed by atoms with Crippen LogP contribution in [0.1, 0.15) is 99.3 Å². The summed E-state index contributed by atoms with van der Waals surface area (Å²) in [5.41, 5.74) is 9.52. The molecule has 3 aliphatic rings. The molecule has 5 atom stereocenters. The Bertz CT molecular complexity index is 2710. The van der Waals surface area contributed by atoms with Gasteiger partial charge in [-0.15, -0.1) is 0 Å². The molecule has 2 saturated heterocycles. The van der Waals surface area contributed by atoms with Crippen LogP contribution in [0.4, 0.5) is 9.59 Å². The fraction of sp³-hybridized carbons (Fsp3) is 0.388. The molecular formula is C49H54N8O6. The van der Waals surface area contributed by atoms with Gasteiger partial charge in [-0.25, -0.2) is 19.6 Å². The maximum Gasteiger partial charge on any atom is 0.407 e. The number of H-pyrrole nitrogens is 2. The van der Waals surface area contributed by atoms with Crippen LogP contribution in [0, 0.1) is 5.92 Å². The van der Waals surface area contributed by atoms with Crippen molar-refractivity contribution in [2.24, 2.45) is 5.92 Å². The van der Waals surface area contributed by atoms with Crippen molar-refractivity contribution in [2.45, 2.75) is 95.9 Å². The first-order valence-electron chi connectivity index (χ1n) is 22.0. The number of fused-ring (bicyclic) bond motifs is 4. The number of amides is 4. The van der Waals surface area contributed by atoms with Gasteiger partial charge in [-0.05, 0) is 103 Å². The molecule has 4 amide bonds. The number of carbonyl (C=O) groups is 4. The number of aromatic nitrogens is 4. The maximum atomic E-state index is 14.1. The number of rotatable bonds is 10. The molecule has 4 heterocycles. The number of hydrogen-bond acceptors (Lipinski definition) is 8. The number of aromatic amines is 2. The molecule has 0 unspecified atom stereocenters. The molecule has 326 valence electrons. The highest BCUT2D eigenvalue weighted by Gasteiger charge is 2.42. The summed E-state index contributed by atoms with van der Waals surface area (Å²) in [4.78, 5) is 73.3. The molecule has 2 aromatic heterocycles. The fourth-order valence-corrected chi connectivity index (χ4v) is 10.1. The largest absolute Gasteiger partial charge is 0.453 e. The topological polar surface area (TPSA) is 175 Å². The van der Waals surface area contributed by atoms with E-state index in [1.54, 1.807) is 0 Å². The van der Waals surface area contributed by atoms with Crippen molar-refractivity contribution in [3.63, 3.8) is 0 Å². The Kier molecular flexibility index (Phi) is 11.4. The van der Waals surface area contributed by atoms with E-state index < -0.39 is 24.3 Å². The highest BCUT2D eigenvalue weighted by atomic mass is 16.5. The first-order chi connectivity index (χ1) is 30.5. The molecule has 63 heavy (non-hydrogen) atoms. The number of alkyl carbamates (subject to hydrolysis) is 2. The smallest absolute Gasteiger partial charge is 0.407 e. The van der Waals surface area contributed by atoms with Crippen LogP contribution in [0.5, 0.6) is 0 Å². The molecule has 14 heteroatoms. The lowest BCUT2D eigenvalue weighted by molar-refractivity contribution is -0.137. The number of benzene rings is 4. The van der Waals surface area contributed by atoms with Gasteiger partial charge in [-0.1, -0.05) is 74.5 Å². The Hall–Kier alpha value is -6.70. The number of likely N-dealkylation sites (tertiary alicyclic amines) is 2. The van der Waals surface area contributed by atoms with Crippen LogP contribution in [0.2, 0.25) is 0 Å². The second-order valence-corrected chi connectivity index (χ2v) is 17.4. The van der Waals surface area contributed by atoms with Gasteiger partial charge in [0, 0.05) is 23.5 Å². The molecule has 0 radical (unpaired) electrons. The quantitative estimate of drug-likeness (QED) is 0.106. The van der Waals surface area contributed by atoms with Gasteiger partial charge in [-0.3, -0.25) is 9.59 Å². The van der Waals surface area contributed by atoms with Crippen molar-refractivity contribution >= 4 is 45.8 Å². The zero-order chi connectivity index (χ0) is 43.9. The van der Waals surface area contributed by atoms with Crippen molar-refractivity contribution < 1.29 is 28.7 Å². The number of ether oxygens (including phenoxy) is 2. The number of nitrogens with one attached hydrogen (secondary N) is 4. The Morgan fingerprint density at radius 3 is 2.29 bits per heavy atom. The summed E-state index contributed by atoms with van der Waals surface area (Å²) >= 11 is 0. The third-order valence-electron chi connectivity index (χ3n) is 13.3. The summed E-state index contributed by atoms with van der Waals surface area (Å²) < 4.78 is 9.70. The normalized spacial score (nSPS) is 19.4. The molecule has 2 aliphatic heterocycles. The monoisotopic (exact) mass is 850 g/mol. The van der Waals surface area contributed by atoms with E-state index in [2.05, 4.69) is 57.0 Å². The maximum absolute atomic E-state index is 14.1. The molecule has 0 spiro atoms. The van der Waals surface area contributed by atoms with E-state index in [9.17, 15) is 19.2 Å². The van der Waals surface area contributed by atoms with Gasteiger partial charge in [0.25, 0.3) is 5.91 Å². The minimum absolute atomic E-state index is 0.0103. The minimum Gasteiger partial charge on any atom is -0.453 e. The van der Waals surface area contributed by atoms with Crippen molar-refractivity contribution in [3.05, 3.63) is 107 Å². The lowest BCUT2D eigenvalue weighted by atomic mass is 9.91. The molecule has 0 bridgehead atoms. The molecule has 0 saturated carbocycles. The number of carbonyl (C=O) groups excluding carboxylic acids is 4. The third-order valence-corrected chi connectivity index (χ3v) is 13.3. The van der Waals surface area contributed by atoms with Crippen molar-refractivity contribution in [1.29, 1.82) is 0 Å². The zero-order valence-electron chi connectivity index (χ0n) is 36.4.